The van der Waals surface area contributed by atoms with Crippen LogP contribution in [0.15, 0.2) is 72.8 Å². The van der Waals surface area contributed by atoms with Gasteiger partial charge >= 0.3 is 5.97 Å². The quantitative estimate of drug-likeness (QED) is 0.633. The van der Waals surface area contributed by atoms with Gasteiger partial charge in [-0.1, -0.05) is 54.6 Å². The van der Waals surface area contributed by atoms with Gasteiger partial charge in [0.15, 0.2) is 0 Å². The predicted octanol–water partition coefficient (Wildman–Crippen LogP) is 4.20. The summed E-state index contributed by atoms with van der Waals surface area (Å²) in [5, 5.41) is 10.3. The number of carbonyl (C=O) groups is 2. The zero-order valence-electron chi connectivity index (χ0n) is 18.0. The van der Waals surface area contributed by atoms with Crippen molar-refractivity contribution >= 4 is 11.9 Å². The Morgan fingerprint density at radius 1 is 1.00 bits per heavy atom. The van der Waals surface area contributed by atoms with Crippen LogP contribution in [0.3, 0.4) is 0 Å². The molecule has 1 heterocycles. The van der Waals surface area contributed by atoms with Crippen molar-refractivity contribution in [3.63, 3.8) is 0 Å². The van der Waals surface area contributed by atoms with Crippen LogP contribution in [0.25, 0.3) is 0 Å². The molecule has 6 heteroatoms. The van der Waals surface area contributed by atoms with Gasteiger partial charge in [0, 0.05) is 18.2 Å². The first-order valence-electron chi connectivity index (χ1n) is 10.4. The highest BCUT2D eigenvalue weighted by atomic mass is 16.5. The molecule has 32 heavy (non-hydrogen) atoms. The lowest BCUT2D eigenvalue weighted by Gasteiger charge is -2.34. The molecule has 6 nitrogen and oxygen atoms in total. The van der Waals surface area contributed by atoms with Gasteiger partial charge in [0.1, 0.15) is 17.4 Å². The highest BCUT2D eigenvalue weighted by Crippen LogP contribution is 2.42. The maximum atomic E-state index is 13.5. The largest absolute Gasteiger partial charge is 0.497 e. The molecule has 0 bridgehead atoms. The number of hydrogen-bond donors (Lipinski definition) is 1. The van der Waals surface area contributed by atoms with Crippen molar-refractivity contribution in [2.24, 2.45) is 0 Å². The fourth-order valence-corrected chi connectivity index (χ4v) is 4.41. The average molecular weight is 431 g/mol. The lowest BCUT2D eigenvalue weighted by Crippen LogP contribution is -2.38. The lowest BCUT2D eigenvalue weighted by atomic mass is 9.84. The van der Waals surface area contributed by atoms with Gasteiger partial charge in [0.2, 0.25) is 5.91 Å². The molecule has 0 unspecified atom stereocenters. The molecule has 3 aromatic carbocycles. The number of carboxylic acid groups (broad SMARTS) is 1. The predicted molar refractivity (Wildman–Crippen MR) is 120 cm³/mol. The molecule has 4 rings (SSSR count). The topological polar surface area (TPSA) is 76.1 Å². The maximum absolute atomic E-state index is 13.5. The molecule has 1 aliphatic rings. The molecule has 0 spiro atoms. The van der Waals surface area contributed by atoms with Gasteiger partial charge in [0.05, 0.1) is 26.7 Å². The summed E-state index contributed by atoms with van der Waals surface area (Å²) < 4.78 is 10.8. The lowest BCUT2D eigenvalue weighted by molar-refractivity contribution is -0.143. The molecule has 0 radical (unpaired) electrons. The van der Waals surface area contributed by atoms with Crippen LogP contribution in [0.5, 0.6) is 11.5 Å². The number of fused-ring (bicyclic) bond motifs is 1. The molecule has 2 atom stereocenters. The van der Waals surface area contributed by atoms with Crippen molar-refractivity contribution in [2.45, 2.75) is 24.9 Å². The Kier molecular flexibility index (Phi) is 6.12. The number of methoxy groups -OCH3 is 2. The van der Waals surface area contributed by atoms with Crippen LogP contribution in [0.2, 0.25) is 0 Å². The number of amides is 1. The van der Waals surface area contributed by atoms with E-state index in [0.29, 0.717) is 17.1 Å². The number of hydrogen-bond acceptors (Lipinski definition) is 4. The molecule has 1 aliphatic heterocycles. The van der Waals surface area contributed by atoms with Gasteiger partial charge < -0.3 is 19.5 Å². The SMILES string of the molecule is COc1ccc(CN2C(=O)Cc3ccccc3[C@@H](C(=O)O)[C@@H]2c2ccccc2)c(OC)c1. The Morgan fingerprint density at radius 2 is 1.72 bits per heavy atom. The molecule has 164 valence electrons. The van der Waals surface area contributed by atoms with E-state index in [4.69, 9.17) is 9.47 Å². The van der Waals surface area contributed by atoms with Gasteiger partial charge in [-0.05, 0) is 28.8 Å². The second-order valence-corrected chi connectivity index (χ2v) is 7.75. The van der Waals surface area contributed by atoms with Crippen LogP contribution in [0.4, 0.5) is 0 Å². The van der Waals surface area contributed by atoms with Crippen LogP contribution >= 0.6 is 0 Å². The third-order valence-corrected chi connectivity index (χ3v) is 5.95. The van der Waals surface area contributed by atoms with Crippen molar-refractivity contribution in [1.82, 2.24) is 4.90 Å². The maximum Gasteiger partial charge on any atom is 0.313 e. The van der Waals surface area contributed by atoms with Crippen molar-refractivity contribution in [1.29, 1.82) is 0 Å². The number of rotatable bonds is 6. The number of carboxylic acids is 1. The van der Waals surface area contributed by atoms with Gasteiger partial charge in [-0.25, -0.2) is 0 Å². The molecular weight excluding hydrogens is 406 g/mol. The van der Waals surface area contributed by atoms with Crippen molar-refractivity contribution < 1.29 is 24.2 Å². The minimum absolute atomic E-state index is 0.132. The van der Waals surface area contributed by atoms with Crippen LogP contribution in [-0.4, -0.2) is 36.1 Å². The van der Waals surface area contributed by atoms with Gasteiger partial charge in [-0.2, -0.15) is 0 Å². The Labute approximate surface area is 187 Å². The van der Waals surface area contributed by atoms with Gasteiger partial charge in [-0.15, -0.1) is 0 Å². The zero-order valence-corrected chi connectivity index (χ0v) is 18.0. The van der Waals surface area contributed by atoms with Gasteiger partial charge in [0.25, 0.3) is 0 Å². The summed E-state index contributed by atoms with van der Waals surface area (Å²) in [6.45, 7) is 0.212. The highest BCUT2D eigenvalue weighted by molar-refractivity contribution is 5.86. The average Bonchev–Trinajstić information content (AvgIpc) is 2.94. The summed E-state index contributed by atoms with van der Waals surface area (Å²) in [6.07, 6.45) is 0.141. The van der Waals surface area contributed by atoms with Crippen LogP contribution < -0.4 is 9.47 Å². The fourth-order valence-electron chi connectivity index (χ4n) is 4.41. The van der Waals surface area contributed by atoms with Crippen molar-refractivity contribution in [3.8, 4) is 11.5 Å². The standard InChI is InChI=1S/C26H25NO5/c1-31-20-13-12-19(22(15-20)32-2)16-27-23(28)14-18-10-6-7-11-21(18)24(26(29)30)25(27)17-8-4-3-5-9-17/h3-13,15,24-25H,14,16H2,1-2H3,(H,29,30)/t24-,25+/m1/s1. The number of aliphatic carboxylic acids is 1. The molecule has 1 amide bonds. The van der Waals surface area contributed by atoms with Crippen LogP contribution in [0, 0.1) is 0 Å². The molecule has 0 saturated heterocycles. The van der Waals surface area contributed by atoms with E-state index < -0.39 is 17.9 Å². The van der Waals surface area contributed by atoms with E-state index in [-0.39, 0.29) is 18.9 Å². The molecule has 1 N–H and O–H groups in total. The number of nitrogens with zero attached hydrogens (tertiary/aromatic N) is 1. The second-order valence-electron chi connectivity index (χ2n) is 7.75. The summed E-state index contributed by atoms with van der Waals surface area (Å²) in [5.41, 5.74) is 2.97. The molecular formula is C26H25NO5. The van der Waals surface area contributed by atoms with E-state index in [1.54, 1.807) is 31.3 Å². The second kappa shape index (κ2) is 9.14. The minimum atomic E-state index is -0.965. The Hall–Kier alpha value is -3.80. The highest BCUT2D eigenvalue weighted by Gasteiger charge is 2.41. The fraction of sp³-hybridized carbons (Fsp3) is 0.231. The van der Waals surface area contributed by atoms with Crippen LogP contribution in [-0.2, 0) is 22.6 Å². The Balaban J connectivity index is 1.86. The minimum Gasteiger partial charge on any atom is -0.497 e. The van der Waals surface area contributed by atoms with E-state index in [2.05, 4.69) is 0 Å². The van der Waals surface area contributed by atoms with Crippen molar-refractivity contribution in [2.75, 3.05) is 14.2 Å². The first-order valence-corrected chi connectivity index (χ1v) is 10.4. The number of benzene rings is 3. The third-order valence-electron chi connectivity index (χ3n) is 5.95. The van der Waals surface area contributed by atoms with E-state index in [0.717, 1.165) is 16.7 Å². The van der Waals surface area contributed by atoms with Gasteiger partial charge in [-0.3, -0.25) is 9.59 Å². The Morgan fingerprint density at radius 3 is 2.41 bits per heavy atom. The summed E-state index contributed by atoms with van der Waals surface area (Å²) in [6, 6.07) is 21.4. The Bertz CT molecular complexity index is 1130. The van der Waals surface area contributed by atoms with E-state index >= 15 is 0 Å². The number of carbonyl (C=O) groups excluding carboxylic acids is 1. The molecule has 0 fully saturated rings. The zero-order chi connectivity index (χ0) is 22.7. The van der Waals surface area contributed by atoms with E-state index in [1.807, 2.05) is 60.7 Å². The summed E-state index contributed by atoms with van der Waals surface area (Å²) in [4.78, 5) is 27.8. The molecule has 0 aromatic heterocycles. The van der Waals surface area contributed by atoms with E-state index in [1.165, 1.54) is 0 Å². The monoisotopic (exact) mass is 431 g/mol. The first-order chi connectivity index (χ1) is 15.5. The number of ether oxygens (including phenoxy) is 2. The smallest absolute Gasteiger partial charge is 0.313 e. The normalized spacial score (nSPS) is 17.9. The van der Waals surface area contributed by atoms with Crippen molar-refractivity contribution in [3.05, 3.63) is 95.1 Å². The summed E-state index contributed by atoms with van der Waals surface area (Å²) in [7, 11) is 3.14. The van der Waals surface area contributed by atoms with E-state index in [9.17, 15) is 14.7 Å². The molecule has 3 aromatic rings. The first kappa shape index (κ1) is 21.4. The summed E-state index contributed by atoms with van der Waals surface area (Å²) >= 11 is 0. The third kappa shape index (κ3) is 4.04. The molecule has 0 aliphatic carbocycles. The van der Waals surface area contributed by atoms with Crippen LogP contribution in [0.1, 0.15) is 34.2 Å². The molecule has 0 saturated carbocycles. The summed E-state index contributed by atoms with van der Waals surface area (Å²) in [5.74, 6) is -0.772.